The van der Waals surface area contributed by atoms with Crippen LogP contribution in [0.15, 0.2) is 64.5 Å². The summed E-state index contributed by atoms with van der Waals surface area (Å²) in [4.78, 5) is 4.98. The molecule has 0 aliphatic carbocycles. The molecule has 0 radical (unpaired) electrons. The van der Waals surface area contributed by atoms with Crippen LogP contribution in [0.4, 0.5) is 0 Å². The molecule has 1 fully saturated rings. The van der Waals surface area contributed by atoms with E-state index in [9.17, 15) is 8.42 Å². The van der Waals surface area contributed by atoms with Gasteiger partial charge < -0.3 is 10.6 Å². The second-order valence-electron chi connectivity index (χ2n) is 7.14. The Labute approximate surface area is 174 Å². The van der Waals surface area contributed by atoms with Crippen LogP contribution in [0.2, 0.25) is 0 Å². The highest BCUT2D eigenvalue weighted by atomic mass is 32.2. The topological polar surface area (TPSA) is 73.8 Å². The summed E-state index contributed by atoms with van der Waals surface area (Å²) in [5.41, 5.74) is 2.16. The first-order chi connectivity index (χ1) is 14.1. The number of benzene rings is 2. The summed E-state index contributed by atoms with van der Waals surface area (Å²) in [6.45, 7) is 5.21. The minimum absolute atomic E-state index is 0.368. The minimum Gasteiger partial charge on any atom is -0.357 e. The number of hydrogen-bond acceptors (Lipinski definition) is 3. The van der Waals surface area contributed by atoms with Gasteiger partial charge in [0.2, 0.25) is 10.0 Å². The fourth-order valence-corrected chi connectivity index (χ4v) is 4.83. The lowest BCUT2D eigenvalue weighted by Crippen LogP contribution is -2.37. The minimum atomic E-state index is -3.38. The number of guanidine groups is 1. The summed E-state index contributed by atoms with van der Waals surface area (Å²) in [5, 5.41) is 6.55. The molecule has 1 saturated heterocycles. The van der Waals surface area contributed by atoms with E-state index < -0.39 is 10.0 Å². The van der Waals surface area contributed by atoms with E-state index in [1.54, 1.807) is 16.4 Å². The van der Waals surface area contributed by atoms with Gasteiger partial charge in [-0.25, -0.2) is 13.4 Å². The van der Waals surface area contributed by atoms with Crippen LogP contribution in [0.3, 0.4) is 0 Å². The maximum absolute atomic E-state index is 12.8. The lowest BCUT2D eigenvalue weighted by Gasteiger charge is -2.25. The fraction of sp³-hybridized carbons (Fsp3) is 0.409. The van der Waals surface area contributed by atoms with Crippen LogP contribution in [0, 0.1) is 0 Å². The number of aliphatic imine (C=N–C) groups is 1. The van der Waals surface area contributed by atoms with Gasteiger partial charge >= 0.3 is 0 Å². The van der Waals surface area contributed by atoms with Gasteiger partial charge in [0.15, 0.2) is 5.96 Å². The van der Waals surface area contributed by atoms with Gasteiger partial charge in [-0.1, -0.05) is 48.9 Å². The van der Waals surface area contributed by atoms with Gasteiger partial charge in [0, 0.05) is 26.2 Å². The average molecular weight is 415 g/mol. The van der Waals surface area contributed by atoms with Crippen molar-refractivity contribution in [1.29, 1.82) is 0 Å². The Kier molecular flexibility index (Phi) is 7.66. The number of nitrogens with zero attached hydrogens (tertiary/aromatic N) is 2. The van der Waals surface area contributed by atoms with Crippen molar-refractivity contribution < 1.29 is 8.42 Å². The molecular weight excluding hydrogens is 384 g/mol. The van der Waals surface area contributed by atoms with Crippen molar-refractivity contribution in [1.82, 2.24) is 14.9 Å². The summed E-state index contributed by atoms with van der Waals surface area (Å²) in [7, 11) is -3.38. The Morgan fingerprint density at radius 3 is 2.28 bits per heavy atom. The predicted molar refractivity (Wildman–Crippen MR) is 117 cm³/mol. The molecular formula is C22H30N4O2S. The first-order valence-electron chi connectivity index (χ1n) is 10.2. The van der Waals surface area contributed by atoms with Crippen molar-refractivity contribution in [3.05, 3.63) is 65.7 Å². The van der Waals surface area contributed by atoms with Gasteiger partial charge in [0.05, 0.1) is 11.4 Å². The number of rotatable bonds is 7. The number of sulfonamides is 1. The van der Waals surface area contributed by atoms with Gasteiger partial charge in [-0.15, -0.1) is 0 Å². The van der Waals surface area contributed by atoms with Gasteiger partial charge in [-0.05, 0) is 43.0 Å². The highest BCUT2D eigenvalue weighted by Gasteiger charge is 2.25. The van der Waals surface area contributed by atoms with E-state index in [0.717, 1.165) is 42.9 Å². The molecule has 0 aromatic heterocycles. The molecule has 2 N–H and O–H groups in total. The molecule has 6 nitrogen and oxygen atoms in total. The summed E-state index contributed by atoms with van der Waals surface area (Å²) < 4.78 is 27.1. The van der Waals surface area contributed by atoms with Gasteiger partial charge in [0.1, 0.15) is 0 Å². The maximum atomic E-state index is 12.8. The molecule has 1 aliphatic rings. The number of piperidine rings is 1. The molecule has 156 valence electrons. The molecule has 7 heteroatoms. The molecule has 0 atom stereocenters. The molecule has 1 heterocycles. The first kappa shape index (κ1) is 21.3. The molecule has 0 saturated carbocycles. The molecule has 2 aromatic rings. The third kappa shape index (κ3) is 6.05. The van der Waals surface area contributed by atoms with Crippen LogP contribution < -0.4 is 10.6 Å². The molecule has 0 bridgehead atoms. The zero-order chi connectivity index (χ0) is 20.5. The molecule has 29 heavy (non-hydrogen) atoms. The Hall–Kier alpha value is -2.38. The van der Waals surface area contributed by atoms with Crippen molar-refractivity contribution in [3.63, 3.8) is 0 Å². The smallest absolute Gasteiger partial charge is 0.243 e. The molecule has 0 amide bonds. The lowest BCUT2D eigenvalue weighted by molar-refractivity contribution is 0.346. The first-order valence-corrected chi connectivity index (χ1v) is 11.7. The highest BCUT2D eigenvalue weighted by molar-refractivity contribution is 7.89. The maximum Gasteiger partial charge on any atom is 0.243 e. The van der Waals surface area contributed by atoms with Crippen LogP contribution in [0.5, 0.6) is 0 Å². The van der Waals surface area contributed by atoms with Crippen LogP contribution in [-0.2, 0) is 23.1 Å². The second-order valence-corrected chi connectivity index (χ2v) is 9.08. The Bertz CT molecular complexity index is 890. The van der Waals surface area contributed by atoms with E-state index >= 15 is 0 Å². The van der Waals surface area contributed by atoms with E-state index in [-0.39, 0.29) is 0 Å². The van der Waals surface area contributed by atoms with E-state index in [4.69, 9.17) is 0 Å². The van der Waals surface area contributed by atoms with Gasteiger partial charge in [0.25, 0.3) is 0 Å². The molecule has 3 rings (SSSR count). The number of hydrogen-bond donors (Lipinski definition) is 2. The average Bonchev–Trinajstić information content (AvgIpc) is 2.77. The van der Waals surface area contributed by atoms with Gasteiger partial charge in [-0.3, -0.25) is 0 Å². The zero-order valence-corrected chi connectivity index (χ0v) is 17.8. The van der Waals surface area contributed by atoms with Crippen LogP contribution in [0.1, 0.15) is 37.3 Å². The van der Waals surface area contributed by atoms with Crippen LogP contribution in [-0.4, -0.2) is 38.3 Å². The predicted octanol–water partition coefficient (Wildman–Crippen LogP) is 3.12. The molecule has 0 unspecified atom stereocenters. The van der Waals surface area contributed by atoms with Crippen molar-refractivity contribution in [2.45, 2.75) is 44.2 Å². The largest absolute Gasteiger partial charge is 0.357 e. The van der Waals surface area contributed by atoms with E-state index in [1.807, 2.05) is 37.3 Å². The zero-order valence-electron chi connectivity index (χ0n) is 17.0. The molecule has 1 aliphatic heterocycles. The van der Waals surface area contributed by atoms with Crippen LogP contribution >= 0.6 is 0 Å². The lowest BCUT2D eigenvalue weighted by atomic mass is 10.2. The van der Waals surface area contributed by atoms with Crippen molar-refractivity contribution >= 4 is 16.0 Å². The molecule has 2 aromatic carbocycles. The SMILES string of the molecule is CCNC(=NCc1ccccc1)NCc1ccc(S(=O)(=O)N2CCCCC2)cc1. The Morgan fingerprint density at radius 1 is 0.931 bits per heavy atom. The second kappa shape index (κ2) is 10.4. The highest BCUT2D eigenvalue weighted by Crippen LogP contribution is 2.20. The Morgan fingerprint density at radius 2 is 1.62 bits per heavy atom. The van der Waals surface area contributed by atoms with Gasteiger partial charge in [-0.2, -0.15) is 4.31 Å². The molecule has 0 spiro atoms. The van der Waals surface area contributed by atoms with E-state index in [0.29, 0.717) is 31.1 Å². The quantitative estimate of drug-likeness (QED) is 0.539. The fourth-order valence-electron chi connectivity index (χ4n) is 3.31. The summed E-state index contributed by atoms with van der Waals surface area (Å²) in [6.07, 6.45) is 2.99. The Balaban J connectivity index is 1.60. The summed E-state index contributed by atoms with van der Waals surface area (Å²) in [5.74, 6) is 0.737. The summed E-state index contributed by atoms with van der Waals surface area (Å²) >= 11 is 0. The number of nitrogens with one attached hydrogen (secondary N) is 2. The third-order valence-electron chi connectivity index (χ3n) is 4.94. The standard InChI is InChI=1S/C22H30N4O2S/c1-2-23-22(24-17-19-9-5-3-6-10-19)25-18-20-11-13-21(14-12-20)29(27,28)26-15-7-4-8-16-26/h3,5-6,9-14H,2,4,7-8,15-18H2,1H3,(H2,23,24,25). The van der Waals surface area contributed by atoms with Crippen molar-refractivity contribution in [2.24, 2.45) is 4.99 Å². The third-order valence-corrected chi connectivity index (χ3v) is 6.86. The van der Waals surface area contributed by atoms with E-state index in [2.05, 4.69) is 27.8 Å². The normalized spacial score (nSPS) is 15.8. The monoisotopic (exact) mass is 414 g/mol. The summed E-state index contributed by atoms with van der Waals surface area (Å²) in [6, 6.07) is 17.2. The van der Waals surface area contributed by atoms with Crippen LogP contribution in [0.25, 0.3) is 0 Å². The van der Waals surface area contributed by atoms with E-state index in [1.165, 1.54) is 0 Å². The van der Waals surface area contributed by atoms with Crippen molar-refractivity contribution in [2.75, 3.05) is 19.6 Å². The van der Waals surface area contributed by atoms with Crippen molar-refractivity contribution in [3.8, 4) is 0 Å².